The van der Waals surface area contributed by atoms with Crippen LogP contribution in [0.3, 0.4) is 0 Å². The standard InChI is InChI=1S/C25H30ClN3O2/c1-5-21-22(17(2)6-11-23(21)24(30)27-3)12-13-28(4)14-18-15-29(16-18)25(31)19-7-9-20(26)10-8-19/h6-12,18H,2,5,13-16H2,1,3-4H3,(H,27,30)/b22-12+. The van der Waals surface area contributed by atoms with Gasteiger partial charge in [-0.05, 0) is 59.8 Å². The molecule has 2 aromatic rings. The number of amides is 2. The first kappa shape index (κ1) is 23.0. The fourth-order valence-electron chi connectivity index (χ4n) is 4.08. The largest absolute Gasteiger partial charge is 0.355 e. The SMILES string of the molecule is C=c1ccc(C(=O)NC)c(CC)/c1=C/CN(C)CC1CN(C(=O)c2ccc(Cl)cc2)C1. The summed E-state index contributed by atoms with van der Waals surface area (Å²) >= 11 is 5.90. The van der Waals surface area contributed by atoms with Gasteiger partial charge in [-0.2, -0.15) is 0 Å². The van der Waals surface area contributed by atoms with Crippen LogP contribution in [0.15, 0.2) is 36.4 Å². The summed E-state index contributed by atoms with van der Waals surface area (Å²) in [5, 5.41) is 5.32. The maximum atomic E-state index is 12.5. The summed E-state index contributed by atoms with van der Waals surface area (Å²) < 4.78 is 0. The van der Waals surface area contributed by atoms with Crippen molar-refractivity contribution in [3.05, 3.63) is 68.5 Å². The summed E-state index contributed by atoms with van der Waals surface area (Å²) in [6, 6.07) is 10.8. The van der Waals surface area contributed by atoms with E-state index in [1.54, 1.807) is 31.3 Å². The molecule has 0 unspecified atom stereocenters. The first-order valence-corrected chi connectivity index (χ1v) is 11.0. The van der Waals surface area contributed by atoms with Gasteiger partial charge >= 0.3 is 0 Å². The van der Waals surface area contributed by atoms with Crippen LogP contribution in [0.5, 0.6) is 0 Å². The first-order chi connectivity index (χ1) is 14.8. The number of halogens is 1. The second-order valence-electron chi connectivity index (χ2n) is 8.11. The highest BCUT2D eigenvalue weighted by Crippen LogP contribution is 2.20. The maximum absolute atomic E-state index is 12.5. The number of hydrogen-bond donors (Lipinski definition) is 1. The Morgan fingerprint density at radius 3 is 2.52 bits per heavy atom. The van der Waals surface area contributed by atoms with Gasteiger partial charge in [-0.1, -0.05) is 37.2 Å². The van der Waals surface area contributed by atoms with E-state index in [1.807, 2.05) is 17.0 Å². The van der Waals surface area contributed by atoms with Crippen LogP contribution >= 0.6 is 11.6 Å². The van der Waals surface area contributed by atoms with Crippen LogP contribution in [0.1, 0.15) is 33.2 Å². The summed E-state index contributed by atoms with van der Waals surface area (Å²) in [7, 11) is 3.73. The van der Waals surface area contributed by atoms with Gasteiger partial charge in [0.15, 0.2) is 0 Å². The Balaban J connectivity index is 1.60. The number of likely N-dealkylation sites (tertiary alicyclic amines) is 1. The van der Waals surface area contributed by atoms with E-state index in [1.165, 1.54) is 0 Å². The lowest BCUT2D eigenvalue weighted by molar-refractivity contribution is 0.0443. The van der Waals surface area contributed by atoms with Gasteiger partial charge < -0.3 is 15.1 Å². The lowest BCUT2D eigenvalue weighted by Gasteiger charge is -2.41. The van der Waals surface area contributed by atoms with E-state index in [2.05, 4.69) is 36.8 Å². The van der Waals surface area contributed by atoms with E-state index < -0.39 is 0 Å². The Hall–Kier alpha value is -2.63. The topological polar surface area (TPSA) is 52.7 Å². The van der Waals surface area contributed by atoms with Crippen LogP contribution in [-0.4, -0.2) is 61.9 Å². The molecule has 2 aromatic carbocycles. The lowest BCUT2D eigenvalue weighted by Crippen LogP contribution is -2.53. The Bertz CT molecular complexity index is 1060. The van der Waals surface area contributed by atoms with Gasteiger partial charge in [-0.3, -0.25) is 9.59 Å². The van der Waals surface area contributed by atoms with Gasteiger partial charge in [-0.15, -0.1) is 0 Å². The normalized spacial score (nSPS) is 14.6. The molecular weight excluding hydrogens is 410 g/mol. The minimum atomic E-state index is -0.0697. The third-order valence-corrected chi connectivity index (χ3v) is 6.04. The molecule has 1 heterocycles. The summed E-state index contributed by atoms with van der Waals surface area (Å²) in [6.07, 6.45) is 2.93. The highest BCUT2D eigenvalue weighted by molar-refractivity contribution is 6.30. The molecular formula is C25H30ClN3O2. The molecule has 5 nitrogen and oxygen atoms in total. The van der Waals surface area contributed by atoms with E-state index in [-0.39, 0.29) is 11.8 Å². The molecule has 0 spiro atoms. The summed E-state index contributed by atoms with van der Waals surface area (Å²) in [5.41, 5.74) is 2.42. The predicted octanol–water partition coefficient (Wildman–Crippen LogP) is 2.16. The van der Waals surface area contributed by atoms with Crippen LogP contribution in [0.2, 0.25) is 5.02 Å². The second kappa shape index (κ2) is 10.1. The molecule has 3 rings (SSSR count). The van der Waals surface area contributed by atoms with Crippen molar-refractivity contribution < 1.29 is 9.59 Å². The molecule has 0 aliphatic carbocycles. The quantitative estimate of drug-likeness (QED) is 0.719. The van der Waals surface area contributed by atoms with Crippen LogP contribution in [0.4, 0.5) is 0 Å². The molecule has 6 heteroatoms. The Morgan fingerprint density at radius 1 is 1.23 bits per heavy atom. The van der Waals surface area contributed by atoms with Crippen molar-refractivity contribution in [3.63, 3.8) is 0 Å². The van der Waals surface area contributed by atoms with E-state index in [4.69, 9.17) is 11.6 Å². The number of nitrogens with zero attached hydrogens (tertiary/aromatic N) is 2. The van der Waals surface area contributed by atoms with Crippen molar-refractivity contribution in [1.82, 2.24) is 15.1 Å². The third kappa shape index (κ3) is 5.35. The maximum Gasteiger partial charge on any atom is 0.253 e. The molecule has 31 heavy (non-hydrogen) atoms. The monoisotopic (exact) mass is 439 g/mol. The minimum Gasteiger partial charge on any atom is -0.355 e. The Labute approximate surface area is 189 Å². The van der Waals surface area contributed by atoms with Gasteiger partial charge in [-0.25, -0.2) is 0 Å². The number of carbonyl (C=O) groups is 2. The average molecular weight is 440 g/mol. The van der Waals surface area contributed by atoms with Crippen molar-refractivity contribution >= 4 is 36.1 Å². The van der Waals surface area contributed by atoms with Crippen molar-refractivity contribution in [2.75, 3.05) is 40.3 Å². The van der Waals surface area contributed by atoms with E-state index >= 15 is 0 Å². The van der Waals surface area contributed by atoms with Crippen LogP contribution < -0.4 is 15.8 Å². The number of benzene rings is 2. The molecule has 1 N–H and O–H groups in total. The minimum absolute atomic E-state index is 0.0578. The highest BCUT2D eigenvalue weighted by atomic mass is 35.5. The smallest absolute Gasteiger partial charge is 0.253 e. The Morgan fingerprint density at radius 2 is 1.90 bits per heavy atom. The zero-order valence-electron chi connectivity index (χ0n) is 18.5. The van der Waals surface area contributed by atoms with Crippen molar-refractivity contribution in [2.45, 2.75) is 13.3 Å². The van der Waals surface area contributed by atoms with Crippen molar-refractivity contribution in [3.8, 4) is 0 Å². The molecule has 0 saturated carbocycles. The Kier molecular flexibility index (Phi) is 7.52. The van der Waals surface area contributed by atoms with Crippen molar-refractivity contribution in [2.24, 2.45) is 5.92 Å². The molecule has 1 aliphatic rings. The third-order valence-electron chi connectivity index (χ3n) is 5.79. The lowest BCUT2D eigenvalue weighted by atomic mass is 9.98. The second-order valence-corrected chi connectivity index (χ2v) is 8.54. The molecule has 1 saturated heterocycles. The number of hydrogen-bond acceptors (Lipinski definition) is 3. The molecule has 0 atom stereocenters. The van der Waals surface area contributed by atoms with Gasteiger partial charge in [0.25, 0.3) is 11.8 Å². The summed E-state index contributed by atoms with van der Waals surface area (Å²) in [5.74, 6) is 0.443. The predicted molar refractivity (Wildman–Crippen MR) is 127 cm³/mol. The average Bonchev–Trinajstić information content (AvgIpc) is 2.74. The van der Waals surface area contributed by atoms with Gasteiger partial charge in [0.05, 0.1) is 0 Å². The van der Waals surface area contributed by atoms with E-state index in [0.29, 0.717) is 22.1 Å². The summed E-state index contributed by atoms with van der Waals surface area (Å²) in [6.45, 7) is 9.40. The zero-order chi connectivity index (χ0) is 22.5. The highest BCUT2D eigenvalue weighted by Gasteiger charge is 2.31. The van der Waals surface area contributed by atoms with Gasteiger partial charge in [0, 0.05) is 55.3 Å². The van der Waals surface area contributed by atoms with Crippen LogP contribution in [-0.2, 0) is 6.42 Å². The molecule has 1 fully saturated rings. The van der Waals surface area contributed by atoms with Gasteiger partial charge in [0.1, 0.15) is 0 Å². The summed E-state index contributed by atoms with van der Waals surface area (Å²) in [4.78, 5) is 28.8. The molecule has 0 bridgehead atoms. The van der Waals surface area contributed by atoms with E-state index in [0.717, 1.165) is 48.6 Å². The van der Waals surface area contributed by atoms with Crippen LogP contribution in [0.25, 0.3) is 12.7 Å². The molecule has 164 valence electrons. The molecule has 0 aromatic heterocycles. The van der Waals surface area contributed by atoms with Crippen LogP contribution in [0, 0.1) is 5.92 Å². The van der Waals surface area contributed by atoms with E-state index in [9.17, 15) is 9.59 Å². The number of carbonyl (C=O) groups excluding carboxylic acids is 2. The van der Waals surface area contributed by atoms with Gasteiger partial charge in [0.2, 0.25) is 0 Å². The fraction of sp³-hybridized carbons (Fsp3) is 0.360. The molecule has 1 aliphatic heterocycles. The first-order valence-electron chi connectivity index (χ1n) is 10.6. The molecule has 2 amide bonds. The number of nitrogens with one attached hydrogen (secondary N) is 1. The molecule has 0 radical (unpaired) electrons. The van der Waals surface area contributed by atoms with Crippen molar-refractivity contribution in [1.29, 1.82) is 0 Å². The number of rotatable bonds is 7. The zero-order valence-corrected chi connectivity index (χ0v) is 19.2. The fourth-order valence-corrected chi connectivity index (χ4v) is 4.21.